The molecule has 0 spiro atoms. The normalized spacial score (nSPS) is 11.4. The molecule has 0 fully saturated rings. The van der Waals surface area contributed by atoms with Crippen molar-refractivity contribution in [2.45, 2.75) is 26.3 Å². The van der Waals surface area contributed by atoms with Gasteiger partial charge in [0.1, 0.15) is 11.5 Å². The zero-order valence-electron chi connectivity index (χ0n) is 13.8. The second-order valence-corrected chi connectivity index (χ2v) is 5.39. The lowest BCUT2D eigenvalue weighted by Gasteiger charge is -2.11. The van der Waals surface area contributed by atoms with E-state index in [1.54, 1.807) is 24.3 Å². The van der Waals surface area contributed by atoms with Crippen molar-refractivity contribution < 1.29 is 19.1 Å². The van der Waals surface area contributed by atoms with Crippen LogP contribution >= 0.6 is 0 Å². The van der Waals surface area contributed by atoms with Crippen molar-refractivity contribution >= 4 is 11.9 Å². The van der Waals surface area contributed by atoms with Crippen LogP contribution in [-0.4, -0.2) is 24.5 Å². The van der Waals surface area contributed by atoms with Crippen LogP contribution in [0.3, 0.4) is 0 Å². The highest BCUT2D eigenvalue weighted by Crippen LogP contribution is 2.21. The predicted molar refractivity (Wildman–Crippen MR) is 91.1 cm³/mol. The van der Waals surface area contributed by atoms with Crippen molar-refractivity contribution in [1.29, 1.82) is 0 Å². The summed E-state index contributed by atoms with van der Waals surface area (Å²) >= 11 is 0. The van der Waals surface area contributed by atoms with Crippen LogP contribution in [0.15, 0.2) is 54.6 Å². The first-order valence-corrected chi connectivity index (χ1v) is 7.88. The van der Waals surface area contributed by atoms with Crippen molar-refractivity contribution in [1.82, 2.24) is 5.32 Å². The summed E-state index contributed by atoms with van der Waals surface area (Å²) in [5.74, 6) is 0.490. The number of ether oxygens (including phenoxy) is 2. The van der Waals surface area contributed by atoms with Crippen LogP contribution in [0.5, 0.6) is 11.5 Å². The molecule has 0 saturated carbocycles. The molecule has 5 heteroatoms. The van der Waals surface area contributed by atoms with Crippen LogP contribution in [0.2, 0.25) is 0 Å². The maximum atomic E-state index is 11.9. The lowest BCUT2D eigenvalue weighted by atomic mass is 10.2. The molecule has 0 bridgehead atoms. The van der Waals surface area contributed by atoms with E-state index < -0.39 is 5.97 Å². The van der Waals surface area contributed by atoms with E-state index in [1.165, 1.54) is 0 Å². The number of amides is 1. The van der Waals surface area contributed by atoms with Gasteiger partial charge in [-0.15, -0.1) is 0 Å². The lowest BCUT2D eigenvalue weighted by Crippen LogP contribution is -2.35. The quantitative estimate of drug-likeness (QED) is 0.790. The smallest absolute Gasteiger partial charge is 0.338 e. The number of para-hydroxylation sites is 1. The second kappa shape index (κ2) is 8.72. The fourth-order valence-electron chi connectivity index (χ4n) is 1.92. The fraction of sp³-hybridized carbons (Fsp3) is 0.263. The Bertz CT molecular complexity index is 668. The Morgan fingerprint density at radius 1 is 1.00 bits per heavy atom. The maximum absolute atomic E-state index is 11.9. The third-order valence-electron chi connectivity index (χ3n) is 3.42. The molecule has 1 atom stereocenters. The van der Waals surface area contributed by atoms with Crippen molar-refractivity contribution in [3.63, 3.8) is 0 Å². The summed E-state index contributed by atoms with van der Waals surface area (Å²) in [6.45, 7) is 3.58. The van der Waals surface area contributed by atoms with Gasteiger partial charge in [0.25, 0.3) is 5.91 Å². The molecule has 2 aromatic rings. The van der Waals surface area contributed by atoms with Crippen molar-refractivity contribution in [3.05, 3.63) is 60.2 Å². The second-order valence-electron chi connectivity index (χ2n) is 5.39. The third kappa shape index (κ3) is 5.43. The Labute approximate surface area is 141 Å². The summed E-state index contributed by atoms with van der Waals surface area (Å²) in [6.07, 6.45) is 0.822. The zero-order chi connectivity index (χ0) is 17.4. The van der Waals surface area contributed by atoms with E-state index >= 15 is 0 Å². The molecular formula is C19H21NO4. The Hall–Kier alpha value is -2.82. The first-order chi connectivity index (χ1) is 11.6. The number of carbonyl (C=O) groups is 2. The fourth-order valence-corrected chi connectivity index (χ4v) is 1.92. The first-order valence-electron chi connectivity index (χ1n) is 7.88. The van der Waals surface area contributed by atoms with Crippen LogP contribution in [-0.2, 0) is 9.53 Å². The Morgan fingerprint density at radius 2 is 1.62 bits per heavy atom. The molecule has 1 N–H and O–H groups in total. The van der Waals surface area contributed by atoms with Crippen LogP contribution in [0.25, 0.3) is 0 Å². The Kier molecular flexibility index (Phi) is 6.37. The van der Waals surface area contributed by atoms with E-state index in [-0.39, 0.29) is 18.6 Å². The molecule has 2 aromatic carbocycles. The summed E-state index contributed by atoms with van der Waals surface area (Å²) in [5.41, 5.74) is 0.367. The lowest BCUT2D eigenvalue weighted by molar-refractivity contribution is -0.124. The highest BCUT2D eigenvalue weighted by molar-refractivity contribution is 5.91. The molecule has 0 saturated heterocycles. The van der Waals surface area contributed by atoms with E-state index in [2.05, 4.69) is 5.32 Å². The monoisotopic (exact) mass is 327 g/mol. The minimum absolute atomic E-state index is 0.0608. The number of esters is 1. The molecule has 126 valence electrons. The molecule has 0 unspecified atom stereocenters. The average molecular weight is 327 g/mol. The summed E-state index contributed by atoms with van der Waals surface area (Å²) in [4.78, 5) is 23.5. The molecule has 0 aliphatic heterocycles. The van der Waals surface area contributed by atoms with Gasteiger partial charge in [0.2, 0.25) is 0 Å². The summed E-state index contributed by atoms with van der Waals surface area (Å²) < 4.78 is 10.7. The van der Waals surface area contributed by atoms with Gasteiger partial charge in [-0.1, -0.05) is 25.1 Å². The van der Waals surface area contributed by atoms with Gasteiger partial charge in [0, 0.05) is 6.04 Å². The van der Waals surface area contributed by atoms with Crippen LogP contribution in [0.1, 0.15) is 30.6 Å². The maximum Gasteiger partial charge on any atom is 0.338 e. The van der Waals surface area contributed by atoms with Crippen molar-refractivity contribution in [2.75, 3.05) is 6.61 Å². The summed E-state index contributed by atoms with van der Waals surface area (Å²) in [7, 11) is 0. The number of hydrogen-bond donors (Lipinski definition) is 1. The number of rotatable bonds is 7. The van der Waals surface area contributed by atoms with Gasteiger partial charge in [0.15, 0.2) is 6.61 Å². The standard InChI is InChI=1S/C19H21NO4/c1-3-14(2)20-18(21)13-23-19(22)15-9-11-17(12-10-15)24-16-7-5-4-6-8-16/h4-12,14H,3,13H2,1-2H3,(H,20,21)/t14-/m1/s1. The summed E-state index contributed by atoms with van der Waals surface area (Å²) in [6, 6.07) is 16.0. The van der Waals surface area contributed by atoms with E-state index in [0.717, 1.165) is 12.2 Å². The van der Waals surface area contributed by atoms with E-state index in [4.69, 9.17) is 9.47 Å². The SMILES string of the molecule is CC[C@@H](C)NC(=O)COC(=O)c1ccc(Oc2ccccc2)cc1. The van der Waals surface area contributed by atoms with Gasteiger partial charge < -0.3 is 14.8 Å². The highest BCUT2D eigenvalue weighted by atomic mass is 16.5. The van der Waals surface area contributed by atoms with E-state index in [1.807, 2.05) is 44.2 Å². The van der Waals surface area contributed by atoms with Crippen molar-refractivity contribution in [3.8, 4) is 11.5 Å². The van der Waals surface area contributed by atoms with Gasteiger partial charge in [-0.05, 0) is 49.7 Å². The number of benzene rings is 2. The van der Waals surface area contributed by atoms with Crippen LogP contribution in [0.4, 0.5) is 0 Å². The number of carbonyl (C=O) groups excluding carboxylic acids is 2. The minimum Gasteiger partial charge on any atom is -0.457 e. The predicted octanol–water partition coefficient (Wildman–Crippen LogP) is 3.55. The van der Waals surface area contributed by atoms with E-state index in [0.29, 0.717) is 11.3 Å². The van der Waals surface area contributed by atoms with E-state index in [9.17, 15) is 9.59 Å². The Balaban J connectivity index is 1.86. The molecule has 2 rings (SSSR count). The average Bonchev–Trinajstić information content (AvgIpc) is 2.61. The van der Waals surface area contributed by atoms with Gasteiger partial charge in [-0.25, -0.2) is 4.79 Å². The molecule has 0 heterocycles. The molecule has 24 heavy (non-hydrogen) atoms. The molecular weight excluding hydrogens is 306 g/mol. The largest absolute Gasteiger partial charge is 0.457 e. The molecule has 0 radical (unpaired) electrons. The van der Waals surface area contributed by atoms with Gasteiger partial charge >= 0.3 is 5.97 Å². The highest BCUT2D eigenvalue weighted by Gasteiger charge is 2.11. The van der Waals surface area contributed by atoms with Crippen molar-refractivity contribution in [2.24, 2.45) is 0 Å². The zero-order valence-corrected chi connectivity index (χ0v) is 13.8. The number of nitrogens with one attached hydrogen (secondary N) is 1. The molecule has 1 amide bonds. The molecule has 5 nitrogen and oxygen atoms in total. The third-order valence-corrected chi connectivity index (χ3v) is 3.42. The first kappa shape index (κ1) is 17.5. The summed E-state index contributed by atoms with van der Waals surface area (Å²) in [5, 5.41) is 2.74. The van der Waals surface area contributed by atoms with Crippen LogP contribution in [0, 0.1) is 0 Å². The molecule has 0 aromatic heterocycles. The van der Waals surface area contributed by atoms with Gasteiger partial charge in [0.05, 0.1) is 5.56 Å². The number of hydrogen-bond acceptors (Lipinski definition) is 4. The molecule has 0 aliphatic rings. The van der Waals surface area contributed by atoms with Gasteiger partial charge in [-0.3, -0.25) is 4.79 Å². The van der Waals surface area contributed by atoms with Gasteiger partial charge in [-0.2, -0.15) is 0 Å². The van der Waals surface area contributed by atoms with Crippen LogP contribution < -0.4 is 10.1 Å². The minimum atomic E-state index is -0.541. The molecule has 0 aliphatic carbocycles. The Morgan fingerprint density at radius 3 is 2.25 bits per heavy atom. The topological polar surface area (TPSA) is 64.6 Å².